The summed E-state index contributed by atoms with van der Waals surface area (Å²) in [6, 6.07) is 0.149. The third kappa shape index (κ3) is 3.87. The molecule has 8 heteroatoms. The number of anilines is 1. The maximum atomic E-state index is 12.0. The van der Waals surface area contributed by atoms with Crippen LogP contribution in [-0.2, 0) is 9.53 Å². The lowest BCUT2D eigenvalue weighted by Crippen LogP contribution is -2.38. The van der Waals surface area contributed by atoms with Crippen LogP contribution in [0.25, 0.3) is 0 Å². The summed E-state index contributed by atoms with van der Waals surface area (Å²) in [5.74, 6) is 0.369. The van der Waals surface area contributed by atoms with Crippen LogP contribution in [0.3, 0.4) is 0 Å². The van der Waals surface area contributed by atoms with Crippen molar-refractivity contribution in [1.29, 1.82) is 0 Å². The first-order chi connectivity index (χ1) is 10.2. The highest BCUT2D eigenvalue weighted by Gasteiger charge is 2.41. The van der Waals surface area contributed by atoms with E-state index < -0.39 is 0 Å². The maximum Gasteiger partial charge on any atom is 0.230 e. The molecule has 1 spiro atoms. The molecular weight excluding hydrogens is 308 g/mol. The Labute approximate surface area is 132 Å². The van der Waals surface area contributed by atoms with Crippen LogP contribution < -0.4 is 11.1 Å². The van der Waals surface area contributed by atoms with E-state index in [0.29, 0.717) is 17.5 Å². The number of nitrogens with two attached hydrogens (primary N) is 1. The maximum absolute atomic E-state index is 12.0. The summed E-state index contributed by atoms with van der Waals surface area (Å²) < 4.78 is 6.73. The number of rotatable bonds is 4. The highest BCUT2D eigenvalue weighted by atomic mass is 32.2. The van der Waals surface area contributed by atoms with Gasteiger partial charge in [-0.1, -0.05) is 42.4 Å². The molecule has 3 rings (SSSR count). The van der Waals surface area contributed by atoms with Gasteiger partial charge in [0.15, 0.2) is 4.34 Å². The number of nitrogens with one attached hydrogen (secondary N) is 1. The van der Waals surface area contributed by atoms with Gasteiger partial charge in [0.05, 0.1) is 24.0 Å². The van der Waals surface area contributed by atoms with Crippen molar-refractivity contribution in [2.75, 3.05) is 18.1 Å². The van der Waals surface area contributed by atoms with Crippen molar-refractivity contribution < 1.29 is 9.53 Å². The molecule has 0 aromatic carbocycles. The summed E-state index contributed by atoms with van der Waals surface area (Å²) in [6.45, 7) is 0.641. The minimum absolute atomic E-state index is 0.0234. The summed E-state index contributed by atoms with van der Waals surface area (Å²) >= 11 is 2.68. The van der Waals surface area contributed by atoms with Gasteiger partial charge >= 0.3 is 0 Å². The topological polar surface area (TPSA) is 90.1 Å². The first-order valence-corrected chi connectivity index (χ1v) is 9.11. The van der Waals surface area contributed by atoms with Gasteiger partial charge < -0.3 is 15.8 Å². The molecule has 2 fully saturated rings. The molecule has 1 aromatic heterocycles. The second-order valence-corrected chi connectivity index (χ2v) is 7.95. The van der Waals surface area contributed by atoms with Crippen molar-refractivity contribution in [2.24, 2.45) is 0 Å². The number of amides is 1. The number of nitrogens with zero attached hydrogens (tertiary/aromatic N) is 2. The van der Waals surface area contributed by atoms with Crippen molar-refractivity contribution in [3.05, 3.63) is 0 Å². The SMILES string of the molecule is Nc1nnc(SCC(=O)N[C@@H]2COC3(CCCCC3)C2)s1. The average molecular weight is 328 g/mol. The van der Waals surface area contributed by atoms with Gasteiger partial charge in [0, 0.05) is 0 Å². The van der Waals surface area contributed by atoms with Crippen molar-refractivity contribution in [3.8, 4) is 0 Å². The number of hydrogen-bond donors (Lipinski definition) is 2. The molecule has 1 atom stereocenters. The van der Waals surface area contributed by atoms with Gasteiger partial charge in [-0.3, -0.25) is 4.79 Å². The molecule has 1 aliphatic heterocycles. The second kappa shape index (κ2) is 6.50. The number of ether oxygens (including phenoxy) is 1. The Balaban J connectivity index is 1.43. The highest BCUT2D eigenvalue weighted by molar-refractivity contribution is 8.01. The van der Waals surface area contributed by atoms with E-state index in [2.05, 4.69) is 15.5 Å². The summed E-state index contributed by atoms with van der Waals surface area (Å²) in [7, 11) is 0. The molecular formula is C13H20N4O2S2. The first kappa shape index (κ1) is 15.1. The molecule has 1 amide bonds. The normalized spacial score (nSPS) is 24.3. The summed E-state index contributed by atoms with van der Waals surface area (Å²) in [5.41, 5.74) is 5.55. The summed E-state index contributed by atoms with van der Waals surface area (Å²) in [5, 5.41) is 11.1. The van der Waals surface area contributed by atoms with Crippen molar-refractivity contribution >= 4 is 34.1 Å². The van der Waals surface area contributed by atoms with E-state index in [1.807, 2.05) is 0 Å². The molecule has 1 saturated carbocycles. The summed E-state index contributed by atoms with van der Waals surface area (Å²) in [4.78, 5) is 12.0. The van der Waals surface area contributed by atoms with E-state index >= 15 is 0 Å². The predicted molar refractivity (Wildman–Crippen MR) is 83.4 cm³/mol. The lowest BCUT2D eigenvalue weighted by Gasteiger charge is -2.32. The Morgan fingerprint density at radius 3 is 2.95 bits per heavy atom. The molecule has 1 aromatic rings. The Morgan fingerprint density at radius 2 is 2.24 bits per heavy atom. The van der Waals surface area contributed by atoms with Crippen molar-refractivity contribution in [2.45, 2.75) is 54.5 Å². The van der Waals surface area contributed by atoms with Crippen LogP contribution in [0, 0.1) is 0 Å². The second-order valence-electron chi connectivity index (χ2n) is 5.72. The lowest BCUT2D eigenvalue weighted by molar-refractivity contribution is -0.119. The fraction of sp³-hybridized carbons (Fsp3) is 0.769. The number of nitrogen functional groups attached to an aromatic ring is 1. The molecule has 0 bridgehead atoms. The predicted octanol–water partition coefficient (Wildman–Crippen LogP) is 1.82. The molecule has 116 valence electrons. The quantitative estimate of drug-likeness (QED) is 0.820. The Hall–Kier alpha value is -0.860. The van der Waals surface area contributed by atoms with Crippen LogP contribution in [0.15, 0.2) is 4.34 Å². The minimum Gasteiger partial charge on any atom is -0.374 e. The van der Waals surface area contributed by atoms with Crippen LogP contribution in [0.5, 0.6) is 0 Å². The molecule has 2 aliphatic rings. The third-order valence-corrected chi connectivity index (χ3v) is 5.97. The number of thioether (sulfide) groups is 1. The summed E-state index contributed by atoms with van der Waals surface area (Å²) in [6.07, 6.45) is 7.03. The van der Waals surface area contributed by atoms with E-state index in [4.69, 9.17) is 10.5 Å². The smallest absolute Gasteiger partial charge is 0.230 e. The number of hydrogen-bond acceptors (Lipinski definition) is 7. The molecule has 6 nitrogen and oxygen atoms in total. The molecule has 1 aliphatic carbocycles. The van der Waals surface area contributed by atoms with E-state index in [1.54, 1.807) is 0 Å². The zero-order valence-corrected chi connectivity index (χ0v) is 13.5. The van der Waals surface area contributed by atoms with Crippen LogP contribution >= 0.6 is 23.1 Å². The van der Waals surface area contributed by atoms with E-state index in [9.17, 15) is 4.79 Å². The molecule has 3 N–H and O–H groups in total. The number of carbonyl (C=O) groups is 1. The zero-order valence-electron chi connectivity index (χ0n) is 11.8. The molecule has 2 heterocycles. The molecule has 1 saturated heterocycles. The van der Waals surface area contributed by atoms with Gasteiger partial charge in [-0.2, -0.15) is 0 Å². The third-order valence-electron chi connectivity index (χ3n) is 4.09. The standard InChI is InChI=1S/C13H20N4O2S2/c14-11-16-17-12(21-11)20-8-10(18)15-9-6-13(19-7-9)4-2-1-3-5-13/h9H,1-8H2,(H2,14,16)(H,15,18)/t9-/m0/s1. The largest absolute Gasteiger partial charge is 0.374 e. The van der Waals surface area contributed by atoms with Gasteiger partial charge in [0.1, 0.15) is 0 Å². The van der Waals surface area contributed by atoms with Crippen LogP contribution in [0.4, 0.5) is 5.13 Å². The Morgan fingerprint density at radius 1 is 1.43 bits per heavy atom. The average Bonchev–Trinajstić information content (AvgIpc) is 3.05. The zero-order chi connectivity index (χ0) is 14.7. The van der Waals surface area contributed by atoms with Crippen molar-refractivity contribution in [3.63, 3.8) is 0 Å². The molecule has 0 unspecified atom stereocenters. The van der Waals surface area contributed by atoms with Gasteiger partial charge in [-0.05, 0) is 19.3 Å². The van der Waals surface area contributed by atoms with Gasteiger partial charge in [-0.15, -0.1) is 10.2 Å². The van der Waals surface area contributed by atoms with Gasteiger partial charge in [0.2, 0.25) is 11.0 Å². The number of aromatic nitrogens is 2. The molecule has 0 radical (unpaired) electrons. The van der Waals surface area contributed by atoms with Crippen LogP contribution in [0.2, 0.25) is 0 Å². The van der Waals surface area contributed by atoms with Crippen LogP contribution in [-0.4, -0.2) is 40.1 Å². The Bertz CT molecular complexity index is 502. The van der Waals surface area contributed by atoms with Crippen molar-refractivity contribution in [1.82, 2.24) is 15.5 Å². The number of carbonyl (C=O) groups excluding carboxylic acids is 1. The Kier molecular flexibility index (Phi) is 4.66. The van der Waals surface area contributed by atoms with Gasteiger partial charge in [0.25, 0.3) is 0 Å². The van der Waals surface area contributed by atoms with E-state index in [-0.39, 0.29) is 17.6 Å². The highest BCUT2D eigenvalue weighted by Crippen LogP contribution is 2.39. The first-order valence-electron chi connectivity index (χ1n) is 7.30. The fourth-order valence-corrected chi connectivity index (χ4v) is 4.60. The minimum atomic E-state index is 0.0234. The monoisotopic (exact) mass is 328 g/mol. The van der Waals surface area contributed by atoms with E-state index in [1.165, 1.54) is 42.4 Å². The lowest BCUT2D eigenvalue weighted by atomic mass is 9.82. The van der Waals surface area contributed by atoms with Gasteiger partial charge in [-0.25, -0.2) is 0 Å². The molecule has 21 heavy (non-hydrogen) atoms. The fourth-order valence-electron chi connectivity index (χ4n) is 3.16. The van der Waals surface area contributed by atoms with E-state index in [0.717, 1.165) is 23.6 Å². The van der Waals surface area contributed by atoms with Crippen LogP contribution in [0.1, 0.15) is 38.5 Å².